The highest BCUT2D eigenvalue weighted by molar-refractivity contribution is 14.2. The fraction of sp³-hybridized carbons (Fsp3) is 0.846. The van der Waals surface area contributed by atoms with Gasteiger partial charge in [0.15, 0.2) is 0 Å². The van der Waals surface area contributed by atoms with E-state index in [-0.39, 0.29) is 0 Å². The van der Waals surface area contributed by atoms with Crippen molar-refractivity contribution in [3.63, 3.8) is 0 Å². The van der Waals surface area contributed by atoms with E-state index in [0.717, 1.165) is 18.3 Å². The van der Waals surface area contributed by atoms with Gasteiger partial charge in [-0.1, -0.05) is 29.7 Å². The number of hydrogen-bond donors (Lipinski definition) is 1. The first-order chi connectivity index (χ1) is 7.57. The molecule has 16 heavy (non-hydrogen) atoms. The fourth-order valence-corrected chi connectivity index (χ4v) is 4.78. The van der Waals surface area contributed by atoms with Crippen LogP contribution in [0, 0.1) is 17.8 Å². The Morgan fingerprint density at radius 2 is 1.88 bits per heavy atom. The highest BCUT2D eigenvalue weighted by Crippen LogP contribution is 2.37. The van der Waals surface area contributed by atoms with Gasteiger partial charge in [0.2, 0.25) is 0 Å². The van der Waals surface area contributed by atoms with Gasteiger partial charge in [0.25, 0.3) is 0 Å². The third kappa shape index (κ3) is 3.83. The van der Waals surface area contributed by atoms with Crippen molar-refractivity contribution in [1.82, 2.24) is 0 Å². The molecule has 0 aromatic heterocycles. The molecule has 1 rings (SSSR count). The lowest BCUT2D eigenvalue weighted by molar-refractivity contribution is 0.325. The molecule has 0 unspecified atom stereocenters. The summed E-state index contributed by atoms with van der Waals surface area (Å²) in [5, 5.41) is 0. The first-order valence-corrected chi connectivity index (χ1v) is 9.81. The van der Waals surface area contributed by atoms with Crippen LogP contribution in [-0.2, 0) is 0 Å². The Kier molecular flexibility index (Phi) is 6.55. The Bertz CT molecular complexity index is 250. The van der Waals surface area contributed by atoms with Crippen LogP contribution in [-0.4, -0.2) is 5.75 Å². The average Bonchev–Trinajstić information content (AvgIpc) is 2.25. The van der Waals surface area contributed by atoms with Crippen LogP contribution in [0.1, 0.15) is 46.5 Å². The third-order valence-corrected chi connectivity index (χ3v) is 5.45. The Morgan fingerprint density at radius 1 is 1.25 bits per heavy atom. The number of halogens is 1. The quantitative estimate of drug-likeness (QED) is 0.721. The molecule has 0 aromatic rings. The first kappa shape index (κ1) is 14.7. The van der Waals surface area contributed by atoms with E-state index in [9.17, 15) is 0 Å². The van der Waals surface area contributed by atoms with Crippen molar-refractivity contribution in [2.24, 2.45) is 23.5 Å². The summed E-state index contributed by atoms with van der Waals surface area (Å²) in [5.74, 6) is 3.44. The number of rotatable bonds is 5. The van der Waals surface area contributed by atoms with Gasteiger partial charge in [-0.3, -0.25) is 0 Å². The highest BCUT2D eigenvalue weighted by Gasteiger charge is 2.26. The smallest absolute Gasteiger partial charge is 0.00752 e. The fourth-order valence-electron chi connectivity index (χ4n) is 2.72. The maximum atomic E-state index is 6.18. The van der Waals surface area contributed by atoms with Crippen LogP contribution in [0.15, 0.2) is 11.3 Å². The van der Waals surface area contributed by atoms with E-state index in [4.69, 9.17) is 5.73 Å². The Hall–Kier alpha value is 0.620. The molecular weight excluding hydrogens is 329 g/mol. The van der Waals surface area contributed by atoms with Crippen molar-refractivity contribution in [2.75, 3.05) is 5.75 Å². The molecule has 94 valence electrons. The summed E-state index contributed by atoms with van der Waals surface area (Å²) in [7, 11) is 1.94. The van der Waals surface area contributed by atoms with Gasteiger partial charge in [-0.2, -0.15) is 0 Å². The number of hydrogen-bond acceptors (Lipinski definition) is 2. The monoisotopic (exact) mass is 353 g/mol. The lowest BCUT2D eigenvalue weighted by Gasteiger charge is -2.31. The molecule has 0 heterocycles. The van der Waals surface area contributed by atoms with Gasteiger partial charge in [0.05, 0.1) is 0 Å². The maximum Gasteiger partial charge on any atom is 0.00752 e. The molecule has 0 aliphatic heterocycles. The second-order valence-corrected chi connectivity index (χ2v) is 7.65. The molecule has 1 nitrogen and oxygen atoms in total. The van der Waals surface area contributed by atoms with Crippen molar-refractivity contribution in [2.45, 2.75) is 46.5 Å². The van der Waals surface area contributed by atoms with E-state index >= 15 is 0 Å². The second-order valence-electron chi connectivity index (χ2n) is 5.23. The maximum absolute atomic E-state index is 6.18. The average molecular weight is 353 g/mol. The lowest BCUT2D eigenvalue weighted by atomic mass is 9.77. The molecule has 0 saturated heterocycles. The van der Waals surface area contributed by atoms with Gasteiger partial charge >= 0.3 is 0 Å². The van der Waals surface area contributed by atoms with Crippen LogP contribution < -0.4 is 5.73 Å². The van der Waals surface area contributed by atoms with Crippen molar-refractivity contribution in [3.05, 3.63) is 11.3 Å². The minimum Gasteiger partial charge on any atom is -0.402 e. The van der Waals surface area contributed by atoms with Gasteiger partial charge in [0.1, 0.15) is 0 Å². The van der Waals surface area contributed by atoms with Crippen LogP contribution in [0.5, 0.6) is 0 Å². The molecule has 0 amide bonds. The van der Waals surface area contributed by atoms with Crippen molar-refractivity contribution < 1.29 is 0 Å². The minimum absolute atomic E-state index is 0.669. The zero-order valence-corrected chi connectivity index (χ0v) is 13.6. The van der Waals surface area contributed by atoms with Crippen LogP contribution in [0.4, 0.5) is 0 Å². The molecule has 0 spiro atoms. The van der Waals surface area contributed by atoms with Gasteiger partial charge in [-0.05, 0) is 70.2 Å². The van der Waals surface area contributed by atoms with E-state index < -0.39 is 0 Å². The molecular formula is C13H24INS. The molecule has 0 bridgehead atoms. The molecule has 3 heteroatoms. The van der Waals surface area contributed by atoms with E-state index in [1.54, 1.807) is 5.57 Å². The van der Waals surface area contributed by atoms with Crippen LogP contribution in [0.3, 0.4) is 0 Å². The molecule has 1 aliphatic carbocycles. The topological polar surface area (TPSA) is 26.0 Å². The summed E-state index contributed by atoms with van der Waals surface area (Å²) in [6.07, 6.45) is 4.99. The molecule has 1 aliphatic rings. The molecule has 0 aromatic carbocycles. The Balaban J connectivity index is 2.76. The largest absolute Gasteiger partial charge is 0.402 e. The van der Waals surface area contributed by atoms with Crippen LogP contribution in [0.25, 0.3) is 0 Å². The van der Waals surface area contributed by atoms with Gasteiger partial charge < -0.3 is 5.73 Å². The van der Waals surface area contributed by atoms with Gasteiger partial charge in [-0.25, -0.2) is 0 Å². The molecule has 0 saturated carbocycles. The summed E-state index contributed by atoms with van der Waals surface area (Å²) in [4.78, 5) is 0. The summed E-state index contributed by atoms with van der Waals surface area (Å²) in [6, 6.07) is 0. The van der Waals surface area contributed by atoms with Gasteiger partial charge in [-0.15, -0.1) is 0 Å². The Labute approximate surface area is 117 Å². The first-order valence-electron chi connectivity index (χ1n) is 6.28. The molecule has 0 fully saturated rings. The summed E-state index contributed by atoms with van der Waals surface area (Å²) in [5.41, 5.74) is 8.95. The predicted molar refractivity (Wildman–Crippen MR) is 83.7 cm³/mol. The normalized spacial score (nSPS) is 21.3. The van der Waals surface area contributed by atoms with E-state index in [0.29, 0.717) is 5.92 Å². The Morgan fingerprint density at radius 3 is 2.38 bits per heavy atom. The zero-order valence-electron chi connectivity index (χ0n) is 10.6. The number of nitrogens with two attached hydrogens (primary N) is 1. The molecule has 0 radical (unpaired) electrons. The minimum atomic E-state index is 0.669. The zero-order chi connectivity index (χ0) is 12.1. The van der Waals surface area contributed by atoms with Crippen LogP contribution >= 0.6 is 30.1 Å². The van der Waals surface area contributed by atoms with Crippen molar-refractivity contribution >= 4 is 30.1 Å². The summed E-state index contributed by atoms with van der Waals surface area (Å²) in [6.45, 7) is 7.06. The third-order valence-electron chi connectivity index (χ3n) is 3.86. The predicted octanol–water partition coefficient (Wildman–Crippen LogP) is 4.76. The highest BCUT2D eigenvalue weighted by atomic mass is 127. The van der Waals surface area contributed by atoms with Crippen molar-refractivity contribution in [1.29, 1.82) is 0 Å². The SMILES string of the molecule is CC(C)[C@@H](CSI)[C@H](C)C1=C(N)CCCC1. The van der Waals surface area contributed by atoms with E-state index in [2.05, 4.69) is 42.0 Å². The lowest BCUT2D eigenvalue weighted by Crippen LogP contribution is -2.25. The van der Waals surface area contributed by atoms with E-state index in [1.807, 2.05) is 8.93 Å². The van der Waals surface area contributed by atoms with Crippen LogP contribution in [0.2, 0.25) is 0 Å². The standard InChI is InChI=1S/C13H24INS/c1-9(2)12(8-16-14)10(3)11-6-4-5-7-13(11)15/h9-10,12H,4-8,15H2,1-3H3/t10-,12-/m1/s1. The summed E-state index contributed by atoms with van der Waals surface area (Å²) < 4.78 is 0. The van der Waals surface area contributed by atoms with Crippen molar-refractivity contribution in [3.8, 4) is 0 Å². The number of allylic oxidation sites excluding steroid dienone is 2. The summed E-state index contributed by atoms with van der Waals surface area (Å²) >= 11 is 2.41. The van der Waals surface area contributed by atoms with Gasteiger partial charge in [0, 0.05) is 11.4 Å². The molecule has 2 atom stereocenters. The van der Waals surface area contributed by atoms with E-state index in [1.165, 1.54) is 30.7 Å². The molecule has 2 N–H and O–H groups in total. The second kappa shape index (κ2) is 7.14.